The highest BCUT2D eigenvalue weighted by Gasteiger charge is 2.07. The first-order valence-corrected chi connectivity index (χ1v) is 5.71. The second-order valence-corrected chi connectivity index (χ2v) is 4.87. The van der Waals surface area contributed by atoms with Crippen LogP contribution < -0.4 is 10.5 Å². The number of thiazole rings is 1. The molecular weight excluding hydrogens is 208 g/mol. The van der Waals surface area contributed by atoms with Gasteiger partial charge in [-0.1, -0.05) is 11.3 Å². The van der Waals surface area contributed by atoms with E-state index in [4.69, 9.17) is 10.5 Å². The van der Waals surface area contributed by atoms with Gasteiger partial charge in [0.25, 0.3) is 0 Å². The van der Waals surface area contributed by atoms with Crippen LogP contribution in [0.15, 0.2) is 12.1 Å². The molecule has 0 aliphatic carbocycles. The standard InChI is InChI=1S/C11H14N2OS/c1-6(2)14-8-4-7(3)10-9(5-8)15-11(12)13-10/h4-6H,1-3H3,(H2,12,13). The molecule has 4 heteroatoms. The summed E-state index contributed by atoms with van der Waals surface area (Å²) in [6.45, 7) is 6.05. The zero-order chi connectivity index (χ0) is 11.0. The SMILES string of the molecule is Cc1cc(OC(C)C)cc2sc(N)nc12. The Morgan fingerprint density at radius 1 is 1.40 bits per heavy atom. The van der Waals surface area contributed by atoms with Crippen LogP contribution in [0.25, 0.3) is 10.2 Å². The third kappa shape index (κ3) is 2.04. The van der Waals surface area contributed by atoms with E-state index in [-0.39, 0.29) is 6.10 Å². The Hall–Kier alpha value is -1.29. The maximum absolute atomic E-state index is 5.68. The number of ether oxygens (including phenoxy) is 1. The van der Waals surface area contributed by atoms with Gasteiger partial charge in [0.1, 0.15) is 5.75 Å². The van der Waals surface area contributed by atoms with Crippen molar-refractivity contribution in [3.05, 3.63) is 17.7 Å². The smallest absolute Gasteiger partial charge is 0.181 e. The van der Waals surface area contributed by atoms with Gasteiger partial charge in [-0.15, -0.1) is 0 Å². The summed E-state index contributed by atoms with van der Waals surface area (Å²) in [7, 11) is 0. The summed E-state index contributed by atoms with van der Waals surface area (Å²) < 4.78 is 6.74. The highest BCUT2D eigenvalue weighted by molar-refractivity contribution is 7.22. The molecule has 15 heavy (non-hydrogen) atoms. The quantitative estimate of drug-likeness (QED) is 0.849. The van der Waals surface area contributed by atoms with Gasteiger partial charge < -0.3 is 10.5 Å². The Bertz CT molecular complexity index is 491. The maximum Gasteiger partial charge on any atom is 0.181 e. The molecule has 1 aromatic heterocycles. The van der Waals surface area contributed by atoms with E-state index in [9.17, 15) is 0 Å². The molecule has 0 unspecified atom stereocenters. The number of benzene rings is 1. The Labute approximate surface area is 92.9 Å². The van der Waals surface area contributed by atoms with Crippen molar-refractivity contribution >= 4 is 26.7 Å². The summed E-state index contributed by atoms with van der Waals surface area (Å²) in [5, 5.41) is 0.606. The zero-order valence-electron chi connectivity index (χ0n) is 9.07. The topological polar surface area (TPSA) is 48.1 Å². The third-order valence-corrected chi connectivity index (χ3v) is 2.88. The molecule has 1 aromatic carbocycles. The Balaban J connectivity index is 2.51. The third-order valence-electron chi connectivity index (χ3n) is 2.05. The largest absolute Gasteiger partial charge is 0.491 e. The molecule has 0 fully saturated rings. The molecule has 0 radical (unpaired) electrons. The number of nitrogen functional groups attached to an aromatic ring is 1. The van der Waals surface area contributed by atoms with Crippen molar-refractivity contribution in [3.8, 4) is 5.75 Å². The number of nitrogens with zero attached hydrogens (tertiary/aromatic N) is 1. The lowest BCUT2D eigenvalue weighted by Crippen LogP contribution is -2.05. The lowest BCUT2D eigenvalue weighted by Gasteiger charge is -2.10. The minimum Gasteiger partial charge on any atom is -0.491 e. The Morgan fingerprint density at radius 3 is 2.80 bits per heavy atom. The number of aryl methyl sites for hydroxylation is 1. The number of hydrogen-bond donors (Lipinski definition) is 1. The van der Waals surface area contributed by atoms with Crippen LogP contribution in [0.1, 0.15) is 19.4 Å². The van der Waals surface area contributed by atoms with Crippen LogP contribution in [0, 0.1) is 6.92 Å². The first kappa shape index (κ1) is 10.2. The average molecular weight is 222 g/mol. The molecule has 0 aliphatic heterocycles. The van der Waals surface area contributed by atoms with Gasteiger partial charge in [0.2, 0.25) is 0 Å². The molecule has 0 saturated carbocycles. The molecular formula is C11H14N2OS. The van der Waals surface area contributed by atoms with Crippen molar-refractivity contribution in [1.29, 1.82) is 0 Å². The van der Waals surface area contributed by atoms with E-state index in [0.29, 0.717) is 5.13 Å². The van der Waals surface area contributed by atoms with Gasteiger partial charge in [-0.3, -0.25) is 0 Å². The normalized spacial score (nSPS) is 11.2. The minimum atomic E-state index is 0.187. The number of rotatable bonds is 2. The lowest BCUT2D eigenvalue weighted by atomic mass is 10.2. The van der Waals surface area contributed by atoms with Crippen LogP contribution in [0.2, 0.25) is 0 Å². The highest BCUT2D eigenvalue weighted by Crippen LogP contribution is 2.30. The summed E-state index contributed by atoms with van der Waals surface area (Å²) in [4.78, 5) is 4.27. The number of nitrogens with two attached hydrogens (primary N) is 1. The summed E-state index contributed by atoms with van der Waals surface area (Å²) in [5.74, 6) is 0.888. The molecule has 1 heterocycles. The molecule has 2 N–H and O–H groups in total. The summed E-state index contributed by atoms with van der Waals surface area (Å²) in [6.07, 6.45) is 0.187. The second-order valence-electron chi connectivity index (χ2n) is 3.81. The number of aromatic nitrogens is 1. The first-order chi connectivity index (χ1) is 7.06. The van der Waals surface area contributed by atoms with Crippen LogP contribution >= 0.6 is 11.3 Å². The summed E-state index contributed by atoms with van der Waals surface area (Å²) in [6, 6.07) is 4.00. The highest BCUT2D eigenvalue weighted by atomic mass is 32.1. The molecule has 0 atom stereocenters. The van der Waals surface area contributed by atoms with Crippen molar-refractivity contribution in [2.75, 3.05) is 5.73 Å². The Morgan fingerprint density at radius 2 is 2.13 bits per heavy atom. The minimum absolute atomic E-state index is 0.187. The van der Waals surface area contributed by atoms with Crippen LogP contribution in [0.3, 0.4) is 0 Å². The van der Waals surface area contributed by atoms with Crippen LogP contribution in [0.5, 0.6) is 5.75 Å². The molecule has 0 aliphatic rings. The lowest BCUT2D eigenvalue weighted by molar-refractivity contribution is 0.242. The fraction of sp³-hybridized carbons (Fsp3) is 0.364. The van der Waals surface area contributed by atoms with Gasteiger partial charge in [0.05, 0.1) is 16.3 Å². The van der Waals surface area contributed by atoms with Crippen molar-refractivity contribution in [2.45, 2.75) is 26.9 Å². The molecule has 2 aromatic rings. The van der Waals surface area contributed by atoms with E-state index in [1.54, 1.807) is 0 Å². The molecule has 0 spiro atoms. The molecule has 2 rings (SSSR count). The van der Waals surface area contributed by atoms with Crippen LogP contribution in [0.4, 0.5) is 5.13 Å². The molecule has 0 saturated heterocycles. The predicted molar refractivity (Wildman–Crippen MR) is 64.5 cm³/mol. The molecule has 80 valence electrons. The fourth-order valence-corrected chi connectivity index (χ4v) is 2.36. The van der Waals surface area contributed by atoms with Gasteiger partial charge in [-0.25, -0.2) is 4.98 Å². The number of hydrogen-bond acceptors (Lipinski definition) is 4. The molecule has 0 bridgehead atoms. The van der Waals surface area contributed by atoms with Gasteiger partial charge in [0, 0.05) is 0 Å². The maximum atomic E-state index is 5.68. The number of anilines is 1. The van der Waals surface area contributed by atoms with Gasteiger partial charge in [0.15, 0.2) is 5.13 Å². The zero-order valence-corrected chi connectivity index (χ0v) is 9.89. The van der Waals surface area contributed by atoms with E-state index < -0.39 is 0 Å². The van der Waals surface area contributed by atoms with Crippen LogP contribution in [-0.2, 0) is 0 Å². The average Bonchev–Trinajstić information content (AvgIpc) is 2.44. The summed E-state index contributed by atoms with van der Waals surface area (Å²) in [5.41, 5.74) is 7.77. The van der Waals surface area contributed by atoms with E-state index in [0.717, 1.165) is 21.5 Å². The van der Waals surface area contributed by atoms with E-state index in [1.807, 2.05) is 32.9 Å². The van der Waals surface area contributed by atoms with E-state index in [2.05, 4.69) is 4.98 Å². The van der Waals surface area contributed by atoms with Gasteiger partial charge in [-0.05, 0) is 38.5 Å². The van der Waals surface area contributed by atoms with Crippen molar-refractivity contribution in [3.63, 3.8) is 0 Å². The fourth-order valence-electron chi connectivity index (χ4n) is 1.52. The second kappa shape index (κ2) is 3.70. The summed E-state index contributed by atoms with van der Waals surface area (Å²) >= 11 is 1.49. The van der Waals surface area contributed by atoms with Gasteiger partial charge in [-0.2, -0.15) is 0 Å². The van der Waals surface area contributed by atoms with Crippen molar-refractivity contribution in [1.82, 2.24) is 4.98 Å². The monoisotopic (exact) mass is 222 g/mol. The van der Waals surface area contributed by atoms with Crippen molar-refractivity contribution in [2.24, 2.45) is 0 Å². The van der Waals surface area contributed by atoms with Gasteiger partial charge >= 0.3 is 0 Å². The van der Waals surface area contributed by atoms with E-state index >= 15 is 0 Å². The van der Waals surface area contributed by atoms with Crippen molar-refractivity contribution < 1.29 is 4.74 Å². The number of fused-ring (bicyclic) bond motifs is 1. The van der Waals surface area contributed by atoms with Crippen LogP contribution in [-0.4, -0.2) is 11.1 Å². The predicted octanol–water partition coefficient (Wildman–Crippen LogP) is 2.97. The molecule has 3 nitrogen and oxygen atoms in total. The first-order valence-electron chi connectivity index (χ1n) is 4.89. The van der Waals surface area contributed by atoms with E-state index in [1.165, 1.54) is 11.3 Å². The molecule has 0 amide bonds. The Kier molecular flexibility index (Phi) is 2.52.